The highest BCUT2D eigenvalue weighted by Gasteiger charge is 2.15. The van der Waals surface area contributed by atoms with E-state index in [2.05, 4.69) is 0 Å². The van der Waals surface area contributed by atoms with Gasteiger partial charge in [0.1, 0.15) is 12.0 Å². The van der Waals surface area contributed by atoms with Crippen molar-refractivity contribution in [3.8, 4) is 6.07 Å². The molecule has 4 heteroatoms. The number of aryl methyl sites for hydroxylation is 1. The summed E-state index contributed by atoms with van der Waals surface area (Å²) in [6, 6.07) is 10.6. The maximum Gasteiger partial charge on any atom is 0.261 e. The largest absolute Gasteiger partial charge is 0.469 e. The second-order valence-electron chi connectivity index (χ2n) is 3.97. The lowest BCUT2D eigenvalue weighted by Crippen LogP contribution is -2.25. The van der Waals surface area contributed by atoms with Crippen LogP contribution < -0.4 is 4.90 Å². The SMILES string of the molecule is Cc1cc(C(=O)N(C)c2cccc(C#N)c2)co1. The molecule has 0 aliphatic heterocycles. The fourth-order valence-electron chi connectivity index (χ4n) is 1.65. The molecular weight excluding hydrogens is 228 g/mol. The smallest absolute Gasteiger partial charge is 0.261 e. The number of rotatable bonds is 2. The summed E-state index contributed by atoms with van der Waals surface area (Å²) in [5.74, 6) is 0.527. The summed E-state index contributed by atoms with van der Waals surface area (Å²) >= 11 is 0. The number of carbonyl (C=O) groups excluding carboxylic acids is 1. The molecular formula is C14H12N2O2. The lowest BCUT2D eigenvalue weighted by atomic mass is 10.2. The van der Waals surface area contributed by atoms with E-state index < -0.39 is 0 Å². The van der Waals surface area contributed by atoms with E-state index in [0.29, 0.717) is 22.6 Å². The van der Waals surface area contributed by atoms with Crippen LogP contribution in [0.2, 0.25) is 0 Å². The van der Waals surface area contributed by atoms with Crippen LogP contribution in [-0.4, -0.2) is 13.0 Å². The summed E-state index contributed by atoms with van der Waals surface area (Å²) in [7, 11) is 1.67. The third-order valence-electron chi connectivity index (χ3n) is 2.64. The van der Waals surface area contributed by atoms with Crippen LogP contribution in [0.15, 0.2) is 41.0 Å². The Bertz CT molecular complexity index is 623. The highest BCUT2D eigenvalue weighted by atomic mass is 16.3. The Hall–Kier alpha value is -2.54. The van der Waals surface area contributed by atoms with Crippen molar-refractivity contribution in [1.29, 1.82) is 5.26 Å². The zero-order valence-electron chi connectivity index (χ0n) is 10.2. The number of benzene rings is 1. The molecule has 1 aromatic heterocycles. The van der Waals surface area contributed by atoms with Gasteiger partial charge in [0.05, 0.1) is 17.2 Å². The molecule has 18 heavy (non-hydrogen) atoms. The van der Waals surface area contributed by atoms with E-state index in [1.807, 2.05) is 6.07 Å². The third-order valence-corrected chi connectivity index (χ3v) is 2.64. The first kappa shape index (κ1) is 11.9. The lowest BCUT2D eigenvalue weighted by molar-refractivity contribution is 0.0992. The number of carbonyl (C=O) groups is 1. The van der Waals surface area contributed by atoms with E-state index in [-0.39, 0.29) is 5.91 Å². The zero-order valence-corrected chi connectivity index (χ0v) is 10.2. The third kappa shape index (κ3) is 2.25. The van der Waals surface area contributed by atoms with Crippen molar-refractivity contribution >= 4 is 11.6 Å². The predicted octanol–water partition coefficient (Wildman–Crippen LogP) is 2.74. The van der Waals surface area contributed by atoms with Crippen LogP contribution in [0.3, 0.4) is 0 Å². The zero-order chi connectivity index (χ0) is 13.1. The summed E-state index contributed by atoms with van der Waals surface area (Å²) in [4.78, 5) is 13.6. The fourth-order valence-corrected chi connectivity index (χ4v) is 1.65. The van der Waals surface area contributed by atoms with Gasteiger partial charge < -0.3 is 9.32 Å². The molecule has 4 nitrogen and oxygen atoms in total. The molecule has 0 radical (unpaired) electrons. The van der Waals surface area contributed by atoms with Gasteiger partial charge in [0, 0.05) is 12.7 Å². The topological polar surface area (TPSA) is 57.2 Å². The minimum Gasteiger partial charge on any atom is -0.469 e. The van der Waals surface area contributed by atoms with Gasteiger partial charge in [-0.05, 0) is 31.2 Å². The van der Waals surface area contributed by atoms with Crippen LogP contribution in [0.4, 0.5) is 5.69 Å². The molecule has 0 unspecified atom stereocenters. The Kier molecular flexibility index (Phi) is 3.16. The highest BCUT2D eigenvalue weighted by molar-refractivity contribution is 6.05. The van der Waals surface area contributed by atoms with Gasteiger partial charge in [0.15, 0.2) is 0 Å². The number of nitriles is 1. The second kappa shape index (κ2) is 4.76. The van der Waals surface area contributed by atoms with Crippen molar-refractivity contribution in [3.63, 3.8) is 0 Å². The van der Waals surface area contributed by atoms with Gasteiger partial charge in [-0.3, -0.25) is 4.79 Å². The molecule has 0 spiro atoms. The molecule has 0 bridgehead atoms. The van der Waals surface area contributed by atoms with E-state index in [9.17, 15) is 4.79 Å². The first-order chi connectivity index (χ1) is 8.61. The lowest BCUT2D eigenvalue weighted by Gasteiger charge is -2.16. The Morgan fingerprint density at radius 2 is 2.17 bits per heavy atom. The first-order valence-electron chi connectivity index (χ1n) is 5.45. The predicted molar refractivity (Wildman–Crippen MR) is 67.3 cm³/mol. The van der Waals surface area contributed by atoms with Crippen molar-refractivity contribution in [2.45, 2.75) is 6.92 Å². The van der Waals surface area contributed by atoms with Gasteiger partial charge in [0.25, 0.3) is 5.91 Å². The Morgan fingerprint density at radius 1 is 1.39 bits per heavy atom. The van der Waals surface area contributed by atoms with E-state index in [1.165, 1.54) is 11.2 Å². The second-order valence-corrected chi connectivity index (χ2v) is 3.97. The number of hydrogen-bond donors (Lipinski definition) is 0. The molecule has 1 aromatic carbocycles. The summed E-state index contributed by atoms with van der Waals surface area (Å²) in [6.07, 6.45) is 1.43. The number of amides is 1. The van der Waals surface area contributed by atoms with Crippen LogP contribution in [0.1, 0.15) is 21.7 Å². The minimum absolute atomic E-state index is 0.165. The van der Waals surface area contributed by atoms with Crippen LogP contribution in [0, 0.1) is 18.3 Å². The van der Waals surface area contributed by atoms with Crippen LogP contribution in [0.25, 0.3) is 0 Å². The summed E-state index contributed by atoms with van der Waals surface area (Å²) < 4.78 is 5.12. The number of furan rings is 1. The normalized spacial score (nSPS) is 9.83. The first-order valence-corrected chi connectivity index (χ1v) is 5.45. The monoisotopic (exact) mass is 240 g/mol. The number of hydrogen-bond acceptors (Lipinski definition) is 3. The van der Waals surface area contributed by atoms with Gasteiger partial charge >= 0.3 is 0 Å². The number of anilines is 1. The molecule has 1 amide bonds. The Labute approximate surface area is 105 Å². The van der Waals surface area contributed by atoms with E-state index >= 15 is 0 Å². The quantitative estimate of drug-likeness (QED) is 0.811. The summed E-state index contributed by atoms with van der Waals surface area (Å²) in [5, 5.41) is 8.83. The number of nitrogens with zero attached hydrogens (tertiary/aromatic N) is 2. The maximum atomic E-state index is 12.1. The van der Waals surface area contributed by atoms with E-state index in [1.54, 1.807) is 44.3 Å². The molecule has 0 saturated heterocycles. The van der Waals surface area contributed by atoms with Crippen LogP contribution in [0.5, 0.6) is 0 Å². The Balaban J connectivity index is 2.28. The van der Waals surface area contributed by atoms with Crippen molar-refractivity contribution in [3.05, 3.63) is 53.5 Å². The van der Waals surface area contributed by atoms with Crippen molar-refractivity contribution < 1.29 is 9.21 Å². The maximum absolute atomic E-state index is 12.1. The molecule has 0 N–H and O–H groups in total. The molecule has 0 saturated carbocycles. The average molecular weight is 240 g/mol. The average Bonchev–Trinajstić information content (AvgIpc) is 2.83. The molecule has 0 aliphatic rings. The highest BCUT2D eigenvalue weighted by Crippen LogP contribution is 2.18. The van der Waals surface area contributed by atoms with Gasteiger partial charge in [-0.1, -0.05) is 6.07 Å². The van der Waals surface area contributed by atoms with Crippen LogP contribution >= 0.6 is 0 Å². The van der Waals surface area contributed by atoms with Crippen LogP contribution in [-0.2, 0) is 0 Å². The van der Waals surface area contributed by atoms with Crippen molar-refractivity contribution in [1.82, 2.24) is 0 Å². The van der Waals surface area contributed by atoms with Gasteiger partial charge in [0.2, 0.25) is 0 Å². The van der Waals surface area contributed by atoms with Gasteiger partial charge in [-0.15, -0.1) is 0 Å². The fraction of sp³-hybridized carbons (Fsp3) is 0.143. The molecule has 0 atom stereocenters. The summed E-state index contributed by atoms with van der Waals surface area (Å²) in [6.45, 7) is 1.78. The molecule has 1 heterocycles. The molecule has 2 aromatic rings. The van der Waals surface area contributed by atoms with Gasteiger partial charge in [-0.25, -0.2) is 0 Å². The molecule has 0 aliphatic carbocycles. The van der Waals surface area contributed by atoms with Gasteiger partial charge in [-0.2, -0.15) is 5.26 Å². The van der Waals surface area contributed by atoms with E-state index in [4.69, 9.17) is 9.68 Å². The standard InChI is InChI=1S/C14H12N2O2/c1-10-6-12(9-18-10)14(17)16(2)13-5-3-4-11(7-13)8-15/h3-7,9H,1-2H3. The van der Waals surface area contributed by atoms with E-state index in [0.717, 1.165) is 0 Å². The molecule has 2 rings (SSSR count). The van der Waals surface area contributed by atoms with Crippen molar-refractivity contribution in [2.75, 3.05) is 11.9 Å². The Morgan fingerprint density at radius 3 is 2.78 bits per heavy atom. The summed E-state index contributed by atoms with van der Waals surface area (Å²) in [5.41, 5.74) is 1.70. The molecule has 0 fully saturated rings. The van der Waals surface area contributed by atoms with Crippen molar-refractivity contribution in [2.24, 2.45) is 0 Å². The molecule has 90 valence electrons. The minimum atomic E-state index is -0.165.